The van der Waals surface area contributed by atoms with E-state index in [-0.39, 0.29) is 6.61 Å². The Morgan fingerprint density at radius 3 is 2.07 bits per heavy atom. The van der Waals surface area contributed by atoms with Gasteiger partial charge in [0.2, 0.25) is 0 Å². The van der Waals surface area contributed by atoms with Crippen molar-refractivity contribution >= 4 is 11.9 Å². The molecule has 4 rings (SSSR count). The van der Waals surface area contributed by atoms with Crippen LogP contribution in [0.3, 0.4) is 0 Å². The fourth-order valence-electron chi connectivity index (χ4n) is 3.42. The first-order valence-electron chi connectivity index (χ1n) is 9.68. The zero-order valence-corrected chi connectivity index (χ0v) is 16.1. The van der Waals surface area contributed by atoms with E-state index in [9.17, 15) is 14.7 Å². The van der Waals surface area contributed by atoms with Gasteiger partial charge in [-0.1, -0.05) is 36.4 Å². The van der Waals surface area contributed by atoms with E-state index in [2.05, 4.69) is 0 Å². The van der Waals surface area contributed by atoms with E-state index < -0.39 is 42.6 Å². The molecule has 0 saturated carbocycles. The fourth-order valence-corrected chi connectivity index (χ4v) is 3.42. The molecule has 8 heteroatoms. The third-order valence-electron chi connectivity index (χ3n) is 4.93. The summed E-state index contributed by atoms with van der Waals surface area (Å²) in [6, 6.07) is 16.9. The maximum atomic E-state index is 12.5. The van der Waals surface area contributed by atoms with Gasteiger partial charge in [-0.15, -0.1) is 0 Å². The average Bonchev–Trinajstić information content (AvgIpc) is 3.42. The smallest absolute Gasteiger partial charge is 0.338 e. The van der Waals surface area contributed by atoms with Crippen LogP contribution in [-0.2, 0) is 23.7 Å². The standard InChI is InChI=1S/C22H22O8/c23-17-18(30-21(25)15-9-5-2-6-10-15)16(29-19(17)22-26-11-12-27-22)13-28-20(24)14-7-3-1-4-8-14/h1-10,16-19,22-23H,11-13H2/t16-,17-,18-,19-/m1/s1. The Hall–Kier alpha value is -2.78. The van der Waals surface area contributed by atoms with Gasteiger partial charge in [-0.05, 0) is 24.3 Å². The lowest BCUT2D eigenvalue weighted by molar-refractivity contribution is -0.160. The molecule has 2 aromatic rings. The third kappa shape index (κ3) is 4.52. The molecule has 4 atom stereocenters. The lowest BCUT2D eigenvalue weighted by Crippen LogP contribution is -2.42. The highest BCUT2D eigenvalue weighted by atomic mass is 16.7. The first-order valence-corrected chi connectivity index (χ1v) is 9.68. The summed E-state index contributed by atoms with van der Waals surface area (Å²) in [5.74, 6) is -1.16. The Balaban J connectivity index is 1.46. The number of aliphatic hydroxyl groups is 1. The van der Waals surface area contributed by atoms with Crippen LogP contribution < -0.4 is 0 Å². The molecule has 8 nitrogen and oxygen atoms in total. The zero-order chi connectivity index (χ0) is 20.9. The van der Waals surface area contributed by atoms with Gasteiger partial charge in [0, 0.05) is 0 Å². The molecule has 2 aliphatic heterocycles. The van der Waals surface area contributed by atoms with Gasteiger partial charge in [0.05, 0.1) is 24.3 Å². The molecule has 0 aliphatic carbocycles. The summed E-state index contributed by atoms with van der Waals surface area (Å²) in [7, 11) is 0. The third-order valence-corrected chi connectivity index (χ3v) is 4.93. The van der Waals surface area contributed by atoms with Crippen LogP contribution in [0.25, 0.3) is 0 Å². The predicted molar refractivity (Wildman–Crippen MR) is 103 cm³/mol. The van der Waals surface area contributed by atoms with E-state index in [0.29, 0.717) is 24.3 Å². The predicted octanol–water partition coefficient (Wildman–Crippen LogP) is 1.57. The van der Waals surface area contributed by atoms with Crippen molar-refractivity contribution in [1.82, 2.24) is 0 Å². The number of hydrogen-bond acceptors (Lipinski definition) is 8. The van der Waals surface area contributed by atoms with Crippen molar-refractivity contribution in [2.75, 3.05) is 19.8 Å². The quantitative estimate of drug-likeness (QED) is 0.711. The molecule has 158 valence electrons. The van der Waals surface area contributed by atoms with Crippen molar-refractivity contribution in [3.63, 3.8) is 0 Å². The van der Waals surface area contributed by atoms with Crippen molar-refractivity contribution in [3.05, 3.63) is 71.8 Å². The van der Waals surface area contributed by atoms with Gasteiger partial charge in [0.1, 0.15) is 24.9 Å². The summed E-state index contributed by atoms with van der Waals surface area (Å²) < 4.78 is 27.6. The van der Waals surface area contributed by atoms with E-state index in [1.807, 2.05) is 0 Å². The van der Waals surface area contributed by atoms with Gasteiger partial charge in [0.15, 0.2) is 12.4 Å². The Morgan fingerprint density at radius 2 is 1.47 bits per heavy atom. The minimum atomic E-state index is -1.21. The molecular weight excluding hydrogens is 392 g/mol. The maximum absolute atomic E-state index is 12.5. The topological polar surface area (TPSA) is 101 Å². The number of ether oxygens (including phenoxy) is 5. The van der Waals surface area contributed by atoms with Crippen LogP contribution in [0.4, 0.5) is 0 Å². The minimum absolute atomic E-state index is 0.208. The van der Waals surface area contributed by atoms with Crippen molar-refractivity contribution in [2.45, 2.75) is 30.7 Å². The lowest BCUT2D eigenvalue weighted by Gasteiger charge is -2.21. The van der Waals surface area contributed by atoms with Crippen molar-refractivity contribution in [1.29, 1.82) is 0 Å². The summed E-state index contributed by atoms with van der Waals surface area (Å²) >= 11 is 0. The van der Waals surface area contributed by atoms with Gasteiger partial charge in [0.25, 0.3) is 0 Å². The Kier molecular flexibility index (Phi) is 6.39. The van der Waals surface area contributed by atoms with Crippen LogP contribution in [-0.4, -0.2) is 67.6 Å². The van der Waals surface area contributed by atoms with E-state index in [0.717, 1.165) is 0 Å². The van der Waals surface area contributed by atoms with Gasteiger partial charge < -0.3 is 28.8 Å². The second-order valence-corrected chi connectivity index (χ2v) is 6.94. The van der Waals surface area contributed by atoms with Crippen LogP contribution in [0.5, 0.6) is 0 Å². The molecular formula is C22H22O8. The highest BCUT2D eigenvalue weighted by Gasteiger charge is 2.51. The van der Waals surface area contributed by atoms with Crippen LogP contribution in [0.1, 0.15) is 20.7 Å². The monoisotopic (exact) mass is 414 g/mol. The van der Waals surface area contributed by atoms with Gasteiger partial charge in [-0.2, -0.15) is 0 Å². The molecule has 30 heavy (non-hydrogen) atoms. The minimum Gasteiger partial charge on any atom is -0.459 e. The first kappa shape index (κ1) is 20.5. The van der Waals surface area contributed by atoms with Crippen LogP contribution in [0.2, 0.25) is 0 Å². The van der Waals surface area contributed by atoms with Gasteiger partial charge in [-0.25, -0.2) is 9.59 Å². The summed E-state index contributed by atoms with van der Waals surface area (Å²) in [4.78, 5) is 24.8. The number of aliphatic hydroxyl groups excluding tert-OH is 1. The van der Waals surface area contributed by atoms with Crippen molar-refractivity contribution < 1.29 is 38.4 Å². The normalized spacial score (nSPS) is 26.4. The van der Waals surface area contributed by atoms with Gasteiger partial charge in [-0.3, -0.25) is 0 Å². The Labute approximate surface area is 173 Å². The number of benzene rings is 2. The SMILES string of the molecule is O=C(OC[C@H]1O[C@@H](C2OCCO2)[C@H](O)[C@@H]1OC(=O)c1ccccc1)c1ccccc1. The highest BCUT2D eigenvalue weighted by Crippen LogP contribution is 2.30. The largest absolute Gasteiger partial charge is 0.459 e. The zero-order valence-electron chi connectivity index (χ0n) is 16.1. The molecule has 2 heterocycles. The molecule has 2 saturated heterocycles. The molecule has 0 unspecified atom stereocenters. The summed E-state index contributed by atoms with van der Waals surface area (Å²) in [6.45, 7) is 0.541. The van der Waals surface area contributed by atoms with E-state index in [1.54, 1.807) is 60.7 Å². The molecule has 2 aromatic carbocycles. The molecule has 0 radical (unpaired) electrons. The average molecular weight is 414 g/mol. The maximum Gasteiger partial charge on any atom is 0.338 e. The number of rotatable bonds is 6. The Bertz CT molecular complexity index is 850. The fraction of sp³-hybridized carbons (Fsp3) is 0.364. The number of hydrogen-bond donors (Lipinski definition) is 1. The second kappa shape index (κ2) is 9.36. The molecule has 0 spiro atoms. The summed E-state index contributed by atoms with van der Waals surface area (Å²) in [6.07, 6.45) is -4.80. The van der Waals surface area contributed by atoms with Crippen LogP contribution in [0, 0.1) is 0 Å². The molecule has 0 aromatic heterocycles. The Morgan fingerprint density at radius 1 is 0.900 bits per heavy atom. The molecule has 2 fully saturated rings. The van der Waals surface area contributed by atoms with Gasteiger partial charge >= 0.3 is 11.9 Å². The number of esters is 2. The number of carbonyl (C=O) groups excluding carboxylic acids is 2. The molecule has 0 bridgehead atoms. The number of carbonyl (C=O) groups is 2. The van der Waals surface area contributed by atoms with E-state index in [1.165, 1.54) is 0 Å². The lowest BCUT2D eigenvalue weighted by atomic mass is 10.1. The molecule has 0 amide bonds. The van der Waals surface area contributed by atoms with Crippen molar-refractivity contribution in [2.24, 2.45) is 0 Å². The second-order valence-electron chi connectivity index (χ2n) is 6.94. The van der Waals surface area contributed by atoms with Crippen LogP contribution >= 0.6 is 0 Å². The first-order chi connectivity index (χ1) is 14.6. The highest BCUT2D eigenvalue weighted by molar-refractivity contribution is 5.90. The summed E-state index contributed by atoms with van der Waals surface area (Å²) in [5, 5.41) is 10.8. The molecule has 1 N–H and O–H groups in total. The van der Waals surface area contributed by atoms with E-state index >= 15 is 0 Å². The van der Waals surface area contributed by atoms with E-state index in [4.69, 9.17) is 23.7 Å². The van der Waals surface area contributed by atoms with Crippen LogP contribution in [0.15, 0.2) is 60.7 Å². The summed E-state index contributed by atoms with van der Waals surface area (Å²) in [5.41, 5.74) is 0.717. The van der Waals surface area contributed by atoms with Crippen molar-refractivity contribution in [3.8, 4) is 0 Å². The molecule has 2 aliphatic rings.